The molecular weight excluding hydrogens is 365 g/mol. The molecule has 0 aliphatic carbocycles. The molecule has 0 spiro atoms. The molecule has 1 rings (SSSR count). The van der Waals surface area contributed by atoms with Gasteiger partial charge >= 0.3 is 0 Å². The predicted octanol–water partition coefficient (Wildman–Crippen LogP) is 3.97. The van der Waals surface area contributed by atoms with Gasteiger partial charge in [-0.25, -0.2) is 0 Å². The Hall–Kier alpha value is 0.420. The summed E-state index contributed by atoms with van der Waals surface area (Å²) in [6.45, 7) is 3.21. The molecule has 6 heteroatoms. The lowest BCUT2D eigenvalue weighted by molar-refractivity contribution is 0.0779. The van der Waals surface area contributed by atoms with Crippen LogP contribution >= 0.6 is 54.8 Å². The van der Waals surface area contributed by atoms with Crippen molar-refractivity contribution in [2.45, 2.75) is 6.92 Å². The number of carbonyl (C=O) groups excluding carboxylic acids is 1. The normalized spacial score (nSPS) is 10.4. The van der Waals surface area contributed by atoms with E-state index in [0.29, 0.717) is 19.0 Å². The summed E-state index contributed by atoms with van der Waals surface area (Å²) in [7, 11) is 0. The molecule has 0 N–H and O–H groups in total. The van der Waals surface area contributed by atoms with Crippen LogP contribution in [0.5, 0.6) is 0 Å². The van der Waals surface area contributed by atoms with Crippen molar-refractivity contribution in [1.82, 2.24) is 4.90 Å². The molecule has 0 aliphatic heterocycles. The maximum absolute atomic E-state index is 12.0. The first-order valence-corrected chi connectivity index (χ1v) is 7.34. The van der Waals surface area contributed by atoms with Crippen LogP contribution in [0, 0.1) is 0 Å². The number of hydrogen-bond donors (Lipinski definition) is 0. The SMILES string of the molecule is CCN(CCCl)C(=O)c1cc(Br)c(Br)s1. The Labute approximate surface area is 115 Å². The van der Waals surface area contributed by atoms with Gasteiger partial charge in [-0.1, -0.05) is 0 Å². The van der Waals surface area contributed by atoms with Crippen LogP contribution in [0.1, 0.15) is 16.6 Å². The standard InChI is InChI=1S/C9H10Br2ClNOS/c1-2-13(4-3-12)9(14)7-5-6(10)8(11)15-7/h5H,2-4H2,1H3. The number of alkyl halides is 1. The van der Waals surface area contributed by atoms with E-state index in [1.165, 1.54) is 11.3 Å². The summed E-state index contributed by atoms with van der Waals surface area (Å²) in [5.74, 6) is 0.502. The Morgan fingerprint density at radius 3 is 2.67 bits per heavy atom. The van der Waals surface area contributed by atoms with Crippen LogP contribution in [-0.4, -0.2) is 29.8 Å². The molecule has 0 fully saturated rings. The van der Waals surface area contributed by atoms with E-state index in [-0.39, 0.29) is 5.91 Å². The van der Waals surface area contributed by atoms with E-state index >= 15 is 0 Å². The second-order valence-corrected chi connectivity index (χ2v) is 6.41. The highest BCUT2D eigenvalue weighted by atomic mass is 79.9. The lowest BCUT2D eigenvalue weighted by atomic mass is 10.4. The fourth-order valence-corrected chi connectivity index (χ4v) is 3.32. The van der Waals surface area contributed by atoms with Crippen LogP contribution in [0.4, 0.5) is 0 Å². The van der Waals surface area contributed by atoms with Crippen LogP contribution in [0.15, 0.2) is 14.3 Å². The second-order valence-electron chi connectivity index (χ2n) is 2.81. The quantitative estimate of drug-likeness (QED) is 0.729. The minimum atomic E-state index is 0.0366. The molecule has 0 radical (unpaired) electrons. The van der Waals surface area contributed by atoms with Gasteiger partial charge < -0.3 is 4.90 Å². The fraction of sp³-hybridized carbons (Fsp3) is 0.444. The van der Waals surface area contributed by atoms with Crippen LogP contribution in [-0.2, 0) is 0 Å². The van der Waals surface area contributed by atoms with Crippen molar-refractivity contribution in [1.29, 1.82) is 0 Å². The summed E-state index contributed by atoms with van der Waals surface area (Å²) < 4.78 is 1.85. The highest BCUT2D eigenvalue weighted by molar-refractivity contribution is 9.13. The molecule has 1 aromatic heterocycles. The van der Waals surface area contributed by atoms with Crippen LogP contribution in [0.25, 0.3) is 0 Å². The van der Waals surface area contributed by atoms with Crippen molar-refractivity contribution < 1.29 is 4.79 Å². The Bertz CT molecular complexity index is 336. The summed E-state index contributed by atoms with van der Waals surface area (Å²) in [6, 6.07) is 1.83. The van der Waals surface area contributed by atoms with Crippen LogP contribution < -0.4 is 0 Å². The Kier molecular flexibility index (Phi) is 5.60. The second kappa shape index (κ2) is 6.23. The summed E-state index contributed by atoms with van der Waals surface area (Å²) >= 11 is 13.8. The van der Waals surface area contributed by atoms with Gasteiger partial charge in [-0.3, -0.25) is 4.79 Å². The molecule has 1 amide bonds. The molecule has 2 nitrogen and oxygen atoms in total. The number of rotatable bonds is 4. The molecule has 0 bridgehead atoms. The Balaban J connectivity index is 2.82. The van der Waals surface area contributed by atoms with Gasteiger partial charge in [-0.15, -0.1) is 22.9 Å². The Morgan fingerprint density at radius 2 is 2.27 bits per heavy atom. The van der Waals surface area contributed by atoms with Gasteiger partial charge in [0.25, 0.3) is 5.91 Å². The summed E-state index contributed by atoms with van der Waals surface area (Å²) in [5, 5.41) is 0. The lowest BCUT2D eigenvalue weighted by Crippen LogP contribution is -2.31. The minimum Gasteiger partial charge on any atom is -0.337 e. The van der Waals surface area contributed by atoms with Gasteiger partial charge in [0.1, 0.15) is 0 Å². The highest BCUT2D eigenvalue weighted by Gasteiger charge is 2.17. The summed E-state index contributed by atoms with van der Waals surface area (Å²) in [4.78, 5) is 14.4. The third-order valence-electron chi connectivity index (χ3n) is 1.88. The maximum Gasteiger partial charge on any atom is 0.264 e. The zero-order valence-electron chi connectivity index (χ0n) is 8.10. The van der Waals surface area contributed by atoms with Gasteiger partial charge in [-0.05, 0) is 44.8 Å². The maximum atomic E-state index is 12.0. The number of nitrogens with zero attached hydrogens (tertiary/aromatic N) is 1. The van der Waals surface area contributed by atoms with Crippen LogP contribution in [0.2, 0.25) is 0 Å². The summed E-state index contributed by atoms with van der Waals surface area (Å²) in [6.07, 6.45) is 0. The molecule has 1 aromatic rings. The number of thiophene rings is 1. The predicted molar refractivity (Wildman–Crippen MR) is 72.0 cm³/mol. The van der Waals surface area contributed by atoms with Gasteiger partial charge in [0.05, 0.1) is 8.66 Å². The zero-order valence-corrected chi connectivity index (χ0v) is 12.8. The fourth-order valence-electron chi connectivity index (χ4n) is 1.11. The molecule has 0 saturated carbocycles. The first kappa shape index (κ1) is 13.5. The van der Waals surface area contributed by atoms with E-state index in [0.717, 1.165) is 13.1 Å². The smallest absolute Gasteiger partial charge is 0.264 e. The molecule has 1 heterocycles. The van der Waals surface area contributed by atoms with Gasteiger partial charge in [0.15, 0.2) is 0 Å². The minimum absolute atomic E-state index is 0.0366. The van der Waals surface area contributed by atoms with E-state index in [1.54, 1.807) is 4.90 Å². The first-order chi connectivity index (χ1) is 7.10. The molecule has 0 aliphatic rings. The van der Waals surface area contributed by atoms with E-state index < -0.39 is 0 Å². The molecular formula is C9H10Br2ClNOS. The van der Waals surface area contributed by atoms with Gasteiger partial charge in [0.2, 0.25) is 0 Å². The van der Waals surface area contributed by atoms with Crippen molar-refractivity contribution >= 4 is 60.7 Å². The molecule has 84 valence electrons. The molecule has 0 saturated heterocycles. The Morgan fingerprint density at radius 1 is 1.60 bits per heavy atom. The van der Waals surface area contributed by atoms with Crippen molar-refractivity contribution in [2.75, 3.05) is 19.0 Å². The largest absolute Gasteiger partial charge is 0.337 e. The van der Waals surface area contributed by atoms with Crippen molar-refractivity contribution in [3.8, 4) is 0 Å². The average Bonchev–Trinajstić information content (AvgIpc) is 2.55. The van der Waals surface area contributed by atoms with E-state index in [2.05, 4.69) is 31.9 Å². The number of carbonyl (C=O) groups is 1. The topological polar surface area (TPSA) is 20.3 Å². The third kappa shape index (κ3) is 3.44. The van der Waals surface area contributed by atoms with E-state index in [4.69, 9.17) is 11.6 Å². The third-order valence-corrected chi connectivity index (χ3v) is 5.29. The average molecular weight is 376 g/mol. The van der Waals surface area contributed by atoms with Gasteiger partial charge in [0, 0.05) is 23.4 Å². The zero-order chi connectivity index (χ0) is 11.4. The van der Waals surface area contributed by atoms with Gasteiger partial charge in [-0.2, -0.15) is 0 Å². The lowest BCUT2D eigenvalue weighted by Gasteiger charge is -2.18. The summed E-state index contributed by atoms with van der Waals surface area (Å²) in [5.41, 5.74) is 0. The van der Waals surface area contributed by atoms with Crippen molar-refractivity contribution in [2.24, 2.45) is 0 Å². The monoisotopic (exact) mass is 373 g/mol. The van der Waals surface area contributed by atoms with E-state index in [1.807, 2.05) is 13.0 Å². The highest BCUT2D eigenvalue weighted by Crippen LogP contribution is 2.32. The van der Waals surface area contributed by atoms with Crippen molar-refractivity contribution in [3.63, 3.8) is 0 Å². The molecule has 0 aromatic carbocycles. The number of hydrogen-bond acceptors (Lipinski definition) is 2. The van der Waals surface area contributed by atoms with Crippen LogP contribution in [0.3, 0.4) is 0 Å². The van der Waals surface area contributed by atoms with Crippen molar-refractivity contribution in [3.05, 3.63) is 19.2 Å². The van der Waals surface area contributed by atoms with E-state index in [9.17, 15) is 4.79 Å². The number of amides is 1. The molecule has 0 atom stereocenters. The molecule has 0 unspecified atom stereocenters. The first-order valence-electron chi connectivity index (χ1n) is 4.40. The number of halogens is 3. The molecule has 15 heavy (non-hydrogen) atoms.